The summed E-state index contributed by atoms with van der Waals surface area (Å²) in [5, 5.41) is 8.24. The molecule has 3 aliphatic rings. The van der Waals surface area contributed by atoms with Crippen LogP contribution in [0.4, 0.5) is 10.2 Å². The Bertz CT molecular complexity index is 1570. The van der Waals surface area contributed by atoms with Crippen molar-refractivity contribution in [2.24, 2.45) is 5.41 Å². The quantitative estimate of drug-likeness (QED) is 0.256. The monoisotopic (exact) mass is 830 g/mol. The number of hydrogen-bond donors (Lipinski definition) is 0. The fraction of sp³-hybridized carbons (Fsp3) is 0.531. The van der Waals surface area contributed by atoms with Crippen molar-refractivity contribution in [2.75, 3.05) is 35.2 Å². The number of hydrogen-bond acceptors (Lipinski definition) is 9. The molecule has 0 bridgehead atoms. The van der Waals surface area contributed by atoms with Gasteiger partial charge in [-0.25, -0.2) is 4.39 Å². The molecule has 237 valence electrons. The van der Waals surface area contributed by atoms with E-state index in [1.165, 1.54) is 29.5 Å². The van der Waals surface area contributed by atoms with Crippen molar-refractivity contribution >= 4 is 49.1 Å². The van der Waals surface area contributed by atoms with E-state index in [0.717, 1.165) is 80.9 Å². The maximum atomic E-state index is 14.2. The van der Waals surface area contributed by atoms with Gasteiger partial charge in [0.25, 0.3) is 5.91 Å². The minimum absolute atomic E-state index is 0.0600. The Morgan fingerprint density at radius 2 is 1.98 bits per heavy atom. The molecule has 1 aromatic carbocycles. The second kappa shape index (κ2) is 13.2. The van der Waals surface area contributed by atoms with Gasteiger partial charge in [0, 0.05) is 12.6 Å². The number of carbonyl (C=O) groups excluding carboxylic acids is 1. The molecule has 0 N–H and O–H groups in total. The maximum absolute atomic E-state index is 14.2. The number of pyridine rings is 1. The van der Waals surface area contributed by atoms with E-state index >= 15 is 0 Å². The first-order valence-corrected chi connectivity index (χ1v) is 18.7. The predicted molar refractivity (Wildman–Crippen MR) is 170 cm³/mol. The number of fused-ring (bicyclic) bond motifs is 1. The van der Waals surface area contributed by atoms with Crippen molar-refractivity contribution in [3.05, 3.63) is 58.3 Å². The van der Waals surface area contributed by atoms with Crippen LogP contribution in [-0.2, 0) is 6.42 Å². The third kappa shape index (κ3) is 6.36. The van der Waals surface area contributed by atoms with Gasteiger partial charge in [0.05, 0.1) is 5.56 Å². The van der Waals surface area contributed by atoms with Gasteiger partial charge in [0.1, 0.15) is 11.6 Å². The van der Waals surface area contributed by atoms with Crippen LogP contribution in [0.25, 0.3) is 0 Å². The summed E-state index contributed by atoms with van der Waals surface area (Å²) in [7, 11) is 0. The van der Waals surface area contributed by atoms with E-state index in [0.29, 0.717) is 18.4 Å². The van der Waals surface area contributed by atoms with Crippen LogP contribution in [0.3, 0.4) is 0 Å². The molecule has 3 radical (unpaired) electrons. The first-order valence-electron chi connectivity index (χ1n) is 15.6. The second-order valence-corrected chi connectivity index (χ2v) is 14.0. The van der Waals surface area contributed by atoms with Crippen molar-refractivity contribution in [3.63, 3.8) is 0 Å². The van der Waals surface area contributed by atoms with E-state index in [-0.39, 0.29) is 45.9 Å². The standard InChI is InChI=1S/C32H38ClFN7O3.Pb/c1-6-24-27-23(11-13-39(24)5)35-12-10-26(27)43-21-15-32(16-21)17-40(18-32)29-28(33)37-38-31(36-29)44-25-9-8-20(34)14-22(25)30(42)41(7-2)19(3)4;/h8-10,12,14,19,21,24H,5-7,11,13,15-18H2,1-4H3;. The second-order valence-electron chi connectivity index (χ2n) is 12.5. The number of amides is 1. The molecular weight excluding hydrogens is 792 g/mol. The van der Waals surface area contributed by atoms with Gasteiger partial charge >= 0.3 is 160 Å². The third-order valence-corrected chi connectivity index (χ3v) is 11.0. The van der Waals surface area contributed by atoms with Crippen LogP contribution in [0.2, 0.25) is 5.15 Å². The van der Waals surface area contributed by atoms with Crippen molar-refractivity contribution < 1.29 is 18.7 Å². The summed E-state index contributed by atoms with van der Waals surface area (Å²) in [6.45, 7) is 11.0. The van der Waals surface area contributed by atoms with Crippen LogP contribution in [0, 0.1) is 11.2 Å². The Morgan fingerprint density at radius 1 is 1.20 bits per heavy atom. The molecule has 1 spiro atoms. The van der Waals surface area contributed by atoms with Crippen LogP contribution < -0.4 is 14.4 Å². The topological polar surface area (TPSA) is 96.8 Å². The summed E-state index contributed by atoms with van der Waals surface area (Å²) >= 11 is 7.59. The Balaban J connectivity index is 1.11. The zero-order valence-electron chi connectivity index (χ0n) is 26.1. The van der Waals surface area contributed by atoms with Gasteiger partial charge < -0.3 is 9.64 Å². The number of benzene rings is 1. The minimum atomic E-state index is -0.534. The molecule has 1 amide bonds. The zero-order valence-corrected chi connectivity index (χ0v) is 30.7. The van der Waals surface area contributed by atoms with E-state index in [1.54, 1.807) is 4.90 Å². The van der Waals surface area contributed by atoms with Gasteiger partial charge in [-0.2, -0.15) is 4.98 Å². The number of rotatable bonds is 10. The number of anilines is 1. The summed E-state index contributed by atoms with van der Waals surface area (Å²) in [6.07, 6.45) is 5.97. The Hall–Kier alpha value is -2.65. The molecule has 6 rings (SSSR count). The molecule has 2 fully saturated rings. The fourth-order valence-corrected chi connectivity index (χ4v) is 8.70. The van der Waals surface area contributed by atoms with Gasteiger partial charge in [0.2, 0.25) is 0 Å². The van der Waals surface area contributed by atoms with Gasteiger partial charge in [-0.3, -0.25) is 4.79 Å². The van der Waals surface area contributed by atoms with Crippen LogP contribution in [-0.4, -0.2) is 104 Å². The molecule has 4 heterocycles. The Morgan fingerprint density at radius 3 is 2.67 bits per heavy atom. The number of carbonyl (C=O) groups is 1. The SMILES string of the molecule is CCC1c2c(OC3CC4(C3)CN(c3nc(Oc5ccc(F)cc5C(=O)N(CC)C(C)C)nnc3Cl)C4)ccnc2CCN1[CH2][Pb]. The summed E-state index contributed by atoms with van der Waals surface area (Å²) in [6, 6.07) is 6.10. The fourth-order valence-electron chi connectivity index (χ4n) is 7.02. The van der Waals surface area contributed by atoms with Crippen LogP contribution in [0.15, 0.2) is 30.5 Å². The molecule has 2 aromatic heterocycles. The average Bonchev–Trinajstić information content (AvgIpc) is 2.99. The van der Waals surface area contributed by atoms with E-state index in [2.05, 4.69) is 31.9 Å². The molecule has 13 heteroatoms. The van der Waals surface area contributed by atoms with Gasteiger partial charge in [-0.15, -0.1) is 5.10 Å². The van der Waals surface area contributed by atoms with Gasteiger partial charge in [0.15, 0.2) is 5.15 Å². The van der Waals surface area contributed by atoms with E-state index in [4.69, 9.17) is 26.1 Å². The molecule has 1 unspecified atom stereocenters. The van der Waals surface area contributed by atoms with E-state index in [9.17, 15) is 9.18 Å². The molecule has 45 heavy (non-hydrogen) atoms. The number of aromatic nitrogens is 4. The molecule has 10 nitrogen and oxygen atoms in total. The Labute approximate surface area is 284 Å². The molecule has 1 aliphatic carbocycles. The first-order chi connectivity index (χ1) is 21.6. The van der Waals surface area contributed by atoms with Crippen LogP contribution in [0.5, 0.6) is 17.5 Å². The third-order valence-electron chi connectivity index (χ3n) is 9.21. The first kappa shape index (κ1) is 32.3. The summed E-state index contributed by atoms with van der Waals surface area (Å²) in [5.41, 5.74) is 2.69. The molecule has 1 atom stereocenters. The molecule has 1 saturated carbocycles. The normalized spacial score (nSPS) is 19.2. The van der Waals surface area contributed by atoms with Crippen molar-refractivity contribution in [3.8, 4) is 17.5 Å². The van der Waals surface area contributed by atoms with Crippen molar-refractivity contribution in [2.45, 2.75) is 71.6 Å². The van der Waals surface area contributed by atoms with Crippen molar-refractivity contribution in [1.82, 2.24) is 30.0 Å². The molecule has 3 aromatic rings. The average molecular weight is 830 g/mol. The number of nitrogens with zero attached hydrogens (tertiary/aromatic N) is 7. The summed E-state index contributed by atoms with van der Waals surface area (Å²) in [4.78, 5) is 28.7. The van der Waals surface area contributed by atoms with Crippen molar-refractivity contribution in [1.29, 1.82) is 0 Å². The van der Waals surface area contributed by atoms with Gasteiger partial charge in [-0.05, 0) is 39.0 Å². The van der Waals surface area contributed by atoms with Gasteiger partial charge in [-0.1, -0.05) is 16.7 Å². The Kier molecular flexibility index (Phi) is 9.49. The zero-order chi connectivity index (χ0) is 31.9. The van der Waals surface area contributed by atoms with E-state index < -0.39 is 5.82 Å². The van der Waals surface area contributed by atoms with Crippen LogP contribution >= 0.6 is 11.6 Å². The molecule has 1 saturated heterocycles. The molecule has 2 aliphatic heterocycles. The van der Waals surface area contributed by atoms with E-state index in [1.807, 2.05) is 33.0 Å². The number of halogens is 2. The predicted octanol–water partition coefficient (Wildman–Crippen LogP) is 5.20. The number of ether oxygens (including phenoxy) is 2. The van der Waals surface area contributed by atoms with Crippen LogP contribution in [0.1, 0.15) is 74.6 Å². The molecular formula is C32H38ClFN7O3Pb. The summed E-state index contributed by atoms with van der Waals surface area (Å²) < 4.78 is 27.9. The summed E-state index contributed by atoms with van der Waals surface area (Å²) in [5.74, 6) is 0.746.